The Balaban J connectivity index is 1.34. The van der Waals surface area contributed by atoms with Crippen molar-refractivity contribution in [3.05, 3.63) is 84.2 Å². The molecule has 0 aliphatic heterocycles. The molecule has 0 fully saturated rings. The minimum absolute atomic E-state index is 0.113. The van der Waals surface area contributed by atoms with Gasteiger partial charge in [-0.05, 0) is 35.9 Å². The minimum atomic E-state index is -0.458. The summed E-state index contributed by atoms with van der Waals surface area (Å²) in [4.78, 5) is 7.59. The highest BCUT2D eigenvalue weighted by Crippen LogP contribution is 2.25. The van der Waals surface area contributed by atoms with E-state index in [9.17, 15) is 4.39 Å². The van der Waals surface area contributed by atoms with Gasteiger partial charge >= 0.3 is 0 Å². The number of fused-ring (bicyclic) bond motifs is 3. The molecule has 2 aromatic heterocycles. The maximum atomic E-state index is 14.1. The van der Waals surface area contributed by atoms with Gasteiger partial charge in [0.2, 0.25) is 0 Å². The van der Waals surface area contributed by atoms with Crippen molar-refractivity contribution in [2.45, 2.75) is 0 Å². The Morgan fingerprint density at radius 3 is 2.70 bits per heavy atom. The lowest BCUT2D eigenvalue weighted by molar-refractivity contribution is 0.442. The molecule has 5 rings (SSSR count). The van der Waals surface area contributed by atoms with Gasteiger partial charge in [0.1, 0.15) is 11.3 Å². The number of hydrazone groups is 1. The van der Waals surface area contributed by atoms with Gasteiger partial charge < -0.3 is 9.72 Å². The molecule has 0 bridgehead atoms. The van der Waals surface area contributed by atoms with Crippen molar-refractivity contribution >= 4 is 34.2 Å². The molecule has 0 unspecified atom stereocenters. The number of ether oxygens (including phenoxy) is 1. The molecule has 7 nitrogen and oxygen atoms in total. The quantitative estimate of drug-likeness (QED) is 0.325. The number of hydrogen-bond acceptors (Lipinski definition) is 6. The SMILES string of the molecule is Fc1ccc(/C=N/Nc2nnc3c(n2)[nH]c2ccccc23)cc1Oc1ccccc1. The number of benzene rings is 3. The lowest BCUT2D eigenvalue weighted by Crippen LogP contribution is -1.99. The van der Waals surface area contributed by atoms with Crippen LogP contribution in [-0.4, -0.2) is 26.4 Å². The van der Waals surface area contributed by atoms with Gasteiger partial charge in [0, 0.05) is 10.9 Å². The first-order valence-corrected chi connectivity index (χ1v) is 9.19. The molecule has 146 valence electrons. The Bertz CT molecular complexity index is 1370. The van der Waals surface area contributed by atoms with E-state index in [-0.39, 0.29) is 11.7 Å². The standard InChI is InChI=1S/C22H15FN6O/c23-17-11-10-14(12-19(17)30-15-6-2-1-3-7-15)13-24-28-22-26-21-20(27-29-22)16-8-4-5-9-18(16)25-21/h1-13H,(H2,25,26,28,29)/b24-13+. The third-order valence-corrected chi connectivity index (χ3v) is 4.43. The molecule has 0 spiro atoms. The fourth-order valence-electron chi connectivity index (χ4n) is 3.03. The zero-order chi connectivity index (χ0) is 20.3. The fourth-order valence-corrected chi connectivity index (χ4v) is 3.03. The van der Waals surface area contributed by atoms with Crippen LogP contribution in [0.4, 0.5) is 10.3 Å². The number of halogens is 1. The molecule has 0 aliphatic rings. The number of nitrogens with zero attached hydrogens (tertiary/aromatic N) is 4. The molecule has 0 saturated heterocycles. The highest BCUT2D eigenvalue weighted by atomic mass is 19.1. The van der Waals surface area contributed by atoms with E-state index in [1.54, 1.807) is 24.3 Å². The number of rotatable bonds is 5. The predicted molar refractivity (Wildman–Crippen MR) is 113 cm³/mol. The van der Waals surface area contributed by atoms with Crippen molar-refractivity contribution in [3.63, 3.8) is 0 Å². The first kappa shape index (κ1) is 17.7. The first-order valence-electron chi connectivity index (χ1n) is 9.19. The van der Waals surface area contributed by atoms with Gasteiger partial charge in [-0.1, -0.05) is 42.5 Å². The number of H-pyrrole nitrogens is 1. The lowest BCUT2D eigenvalue weighted by Gasteiger charge is -2.07. The summed E-state index contributed by atoms with van der Waals surface area (Å²) in [6.45, 7) is 0. The molecular formula is C22H15FN6O. The van der Waals surface area contributed by atoms with Crippen LogP contribution in [0.5, 0.6) is 11.5 Å². The first-order chi connectivity index (χ1) is 14.8. The third-order valence-electron chi connectivity index (χ3n) is 4.43. The van der Waals surface area contributed by atoms with Gasteiger partial charge in [0.05, 0.1) is 6.21 Å². The van der Waals surface area contributed by atoms with Gasteiger partial charge in [-0.2, -0.15) is 10.1 Å². The summed E-state index contributed by atoms with van der Waals surface area (Å²) in [5.41, 5.74) is 5.64. The Morgan fingerprint density at radius 2 is 1.80 bits per heavy atom. The second-order valence-electron chi connectivity index (χ2n) is 6.48. The lowest BCUT2D eigenvalue weighted by atomic mass is 10.2. The van der Waals surface area contributed by atoms with E-state index in [2.05, 4.69) is 30.7 Å². The van der Waals surface area contributed by atoms with Crippen LogP contribution in [0.2, 0.25) is 0 Å². The molecule has 0 atom stereocenters. The van der Waals surface area contributed by atoms with Gasteiger partial charge in [0.25, 0.3) is 5.95 Å². The van der Waals surface area contributed by atoms with E-state index in [0.29, 0.717) is 22.5 Å². The van der Waals surface area contributed by atoms with Crippen molar-refractivity contribution < 1.29 is 9.13 Å². The zero-order valence-electron chi connectivity index (χ0n) is 15.6. The van der Waals surface area contributed by atoms with E-state index < -0.39 is 5.82 Å². The maximum Gasteiger partial charge on any atom is 0.265 e. The molecule has 3 aromatic carbocycles. The van der Waals surface area contributed by atoms with Gasteiger partial charge in [-0.3, -0.25) is 0 Å². The second kappa shape index (κ2) is 7.59. The number of aromatic nitrogens is 4. The van der Waals surface area contributed by atoms with Crippen LogP contribution in [-0.2, 0) is 0 Å². The summed E-state index contributed by atoms with van der Waals surface area (Å²) in [6, 6.07) is 21.3. The number of hydrogen-bond donors (Lipinski definition) is 2. The van der Waals surface area contributed by atoms with Crippen LogP contribution < -0.4 is 10.2 Å². The van der Waals surface area contributed by atoms with Crippen molar-refractivity contribution in [1.82, 2.24) is 20.2 Å². The molecule has 0 radical (unpaired) electrons. The Hall–Kier alpha value is -4.33. The van der Waals surface area contributed by atoms with Crippen molar-refractivity contribution in [2.75, 3.05) is 5.43 Å². The van der Waals surface area contributed by atoms with E-state index >= 15 is 0 Å². The van der Waals surface area contributed by atoms with Crippen LogP contribution in [0.1, 0.15) is 5.56 Å². The monoisotopic (exact) mass is 398 g/mol. The second-order valence-corrected chi connectivity index (χ2v) is 6.48. The Morgan fingerprint density at radius 1 is 0.967 bits per heavy atom. The van der Waals surface area contributed by atoms with Gasteiger partial charge in [-0.15, -0.1) is 10.2 Å². The molecule has 2 heterocycles. The summed E-state index contributed by atoms with van der Waals surface area (Å²) < 4.78 is 19.7. The average molecular weight is 398 g/mol. The summed E-state index contributed by atoms with van der Waals surface area (Å²) in [5.74, 6) is 0.450. The third kappa shape index (κ3) is 3.53. The molecule has 2 N–H and O–H groups in total. The van der Waals surface area contributed by atoms with Crippen LogP contribution in [0.15, 0.2) is 77.9 Å². The number of aromatic amines is 1. The number of nitrogens with one attached hydrogen (secondary N) is 2. The van der Waals surface area contributed by atoms with Crippen molar-refractivity contribution in [1.29, 1.82) is 0 Å². The highest BCUT2D eigenvalue weighted by Gasteiger charge is 2.08. The zero-order valence-corrected chi connectivity index (χ0v) is 15.6. The Labute approximate surface area is 170 Å². The van der Waals surface area contributed by atoms with E-state index in [4.69, 9.17) is 4.74 Å². The van der Waals surface area contributed by atoms with E-state index in [1.165, 1.54) is 12.3 Å². The number of para-hydroxylation sites is 2. The molecule has 0 saturated carbocycles. The van der Waals surface area contributed by atoms with Gasteiger partial charge in [-0.25, -0.2) is 9.82 Å². The van der Waals surface area contributed by atoms with E-state index in [1.807, 2.05) is 42.5 Å². The predicted octanol–water partition coefficient (Wildman–Crippen LogP) is 4.88. The summed E-state index contributed by atoms with van der Waals surface area (Å²) in [6.07, 6.45) is 1.52. The summed E-state index contributed by atoms with van der Waals surface area (Å²) >= 11 is 0. The molecular weight excluding hydrogens is 383 g/mol. The largest absolute Gasteiger partial charge is 0.454 e. The maximum absolute atomic E-state index is 14.1. The van der Waals surface area contributed by atoms with Crippen LogP contribution in [0.3, 0.4) is 0 Å². The molecule has 8 heteroatoms. The molecule has 30 heavy (non-hydrogen) atoms. The topological polar surface area (TPSA) is 88.1 Å². The van der Waals surface area contributed by atoms with Crippen LogP contribution in [0, 0.1) is 5.82 Å². The minimum Gasteiger partial charge on any atom is -0.454 e. The molecule has 5 aromatic rings. The summed E-state index contributed by atoms with van der Waals surface area (Å²) in [5, 5.41) is 13.4. The molecule has 0 aliphatic carbocycles. The molecule has 0 amide bonds. The van der Waals surface area contributed by atoms with Crippen LogP contribution >= 0.6 is 0 Å². The number of anilines is 1. The average Bonchev–Trinajstić information content (AvgIpc) is 3.14. The van der Waals surface area contributed by atoms with Gasteiger partial charge in [0.15, 0.2) is 17.2 Å². The smallest absolute Gasteiger partial charge is 0.265 e. The van der Waals surface area contributed by atoms with Crippen molar-refractivity contribution in [2.24, 2.45) is 5.10 Å². The fraction of sp³-hybridized carbons (Fsp3) is 0. The summed E-state index contributed by atoms with van der Waals surface area (Å²) in [7, 11) is 0. The van der Waals surface area contributed by atoms with E-state index in [0.717, 1.165) is 10.9 Å². The normalized spacial score (nSPS) is 11.4. The Kier molecular flexibility index (Phi) is 4.49. The van der Waals surface area contributed by atoms with Crippen LogP contribution in [0.25, 0.3) is 22.1 Å². The highest BCUT2D eigenvalue weighted by molar-refractivity contribution is 6.03. The van der Waals surface area contributed by atoms with Crippen molar-refractivity contribution in [3.8, 4) is 11.5 Å².